The van der Waals surface area contributed by atoms with Gasteiger partial charge in [-0.2, -0.15) is 0 Å². The molecule has 0 unspecified atom stereocenters. The second-order valence-corrected chi connectivity index (χ2v) is 3.80. The van der Waals surface area contributed by atoms with Gasteiger partial charge in [-0.3, -0.25) is 0 Å². The van der Waals surface area contributed by atoms with Crippen LogP contribution in [0.1, 0.15) is 11.6 Å². The predicted molar refractivity (Wildman–Crippen MR) is 55.5 cm³/mol. The Balaban J connectivity index is 3.20. The molecule has 0 saturated heterocycles. The Kier molecular flexibility index (Phi) is 3.83. The van der Waals surface area contributed by atoms with Crippen molar-refractivity contribution in [1.29, 1.82) is 0 Å². The van der Waals surface area contributed by atoms with Crippen molar-refractivity contribution in [3.63, 3.8) is 0 Å². The molecule has 0 fully saturated rings. The summed E-state index contributed by atoms with van der Waals surface area (Å²) in [6, 6.07) is 2.57. The maximum absolute atomic E-state index is 8.82. The van der Waals surface area contributed by atoms with Gasteiger partial charge in [0.05, 0.1) is 22.7 Å². The van der Waals surface area contributed by atoms with Crippen LogP contribution in [0.3, 0.4) is 0 Å². The largest absolute Gasteiger partial charge is 0.394 e. The van der Waals surface area contributed by atoms with Crippen molar-refractivity contribution in [3.05, 3.63) is 32.8 Å². The first-order valence-corrected chi connectivity index (χ1v) is 4.70. The number of benzene rings is 1. The zero-order valence-electron chi connectivity index (χ0n) is 6.60. The smallest absolute Gasteiger partial charge is 0.0641 e. The Morgan fingerprint density at radius 3 is 2.46 bits per heavy atom. The molecule has 1 aromatic carbocycles. The maximum Gasteiger partial charge on any atom is 0.0641 e. The molecule has 3 N–H and O–H groups in total. The molecule has 5 heteroatoms. The zero-order valence-corrected chi connectivity index (χ0v) is 8.87. The molecule has 1 aromatic rings. The first-order valence-electron chi connectivity index (χ1n) is 3.57. The summed E-state index contributed by atoms with van der Waals surface area (Å²) in [5, 5.41) is 9.96. The average molecular weight is 241 g/mol. The van der Waals surface area contributed by atoms with Crippen LogP contribution in [0.15, 0.2) is 12.1 Å². The van der Waals surface area contributed by atoms with Crippen LogP contribution in [-0.4, -0.2) is 11.7 Å². The molecular formula is C8H8Cl3NO. The number of aliphatic hydroxyl groups excluding tert-OH is 1. The Morgan fingerprint density at radius 2 is 1.92 bits per heavy atom. The van der Waals surface area contributed by atoms with E-state index in [1.807, 2.05) is 0 Å². The van der Waals surface area contributed by atoms with E-state index in [1.54, 1.807) is 6.07 Å². The minimum absolute atomic E-state index is 0.198. The van der Waals surface area contributed by atoms with E-state index in [2.05, 4.69) is 0 Å². The number of aliphatic hydroxyl groups is 1. The van der Waals surface area contributed by atoms with E-state index < -0.39 is 6.04 Å². The Hall–Kier alpha value is 0.01000. The summed E-state index contributed by atoms with van der Waals surface area (Å²) in [6.45, 7) is -0.198. The normalized spacial score (nSPS) is 13.0. The van der Waals surface area contributed by atoms with Crippen molar-refractivity contribution >= 4 is 34.8 Å². The molecule has 13 heavy (non-hydrogen) atoms. The van der Waals surface area contributed by atoms with Gasteiger partial charge in [0.1, 0.15) is 0 Å². The van der Waals surface area contributed by atoms with E-state index in [0.29, 0.717) is 20.6 Å². The van der Waals surface area contributed by atoms with Crippen LogP contribution >= 0.6 is 34.8 Å². The van der Waals surface area contributed by atoms with Gasteiger partial charge >= 0.3 is 0 Å². The van der Waals surface area contributed by atoms with Gasteiger partial charge in [0.2, 0.25) is 0 Å². The Labute approximate surface area is 91.2 Å². The van der Waals surface area contributed by atoms with Gasteiger partial charge in [0, 0.05) is 5.02 Å². The third-order valence-electron chi connectivity index (χ3n) is 1.62. The van der Waals surface area contributed by atoms with E-state index in [1.165, 1.54) is 6.07 Å². The lowest BCUT2D eigenvalue weighted by atomic mass is 10.1. The van der Waals surface area contributed by atoms with Crippen LogP contribution < -0.4 is 5.73 Å². The van der Waals surface area contributed by atoms with Gasteiger partial charge < -0.3 is 10.8 Å². The molecule has 0 aliphatic carbocycles. The van der Waals surface area contributed by atoms with Crippen LogP contribution in [0.2, 0.25) is 15.1 Å². The standard InChI is InChI=1S/C8H8Cl3NO/c9-4-1-5(7(12)3-13)8(11)6(10)2-4/h1-2,7,13H,3,12H2/t7-/m1/s1. The van der Waals surface area contributed by atoms with Crippen LogP contribution in [0.25, 0.3) is 0 Å². The van der Waals surface area contributed by atoms with E-state index in [-0.39, 0.29) is 6.61 Å². The summed E-state index contributed by atoms with van der Waals surface area (Å²) in [5.41, 5.74) is 6.14. The highest BCUT2D eigenvalue weighted by Crippen LogP contribution is 2.32. The topological polar surface area (TPSA) is 46.2 Å². The van der Waals surface area contributed by atoms with Crippen molar-refractivity contribution in [2.24, 2.45) is 5.73 Å². The fraction of sp³-hybridized carbons (Fsp3) is 0.250. The van der Waals surface area contributed by atoms with Crippen LogP contribution in [-0.2, 0) is 0 Å². The quantitative estimate of drug-likeness (QED) is 0.781. The van der Waals surface area contributed by atoms with Crippen LogP contribution in [0.4, 0.5) is 0 Å². The lowest BCUT2D eigenvalue weighted by molar-refractivity contribution is 0.268. The van der Waals surface area contributed by atoms with Gasteiger partial charge in [-0.25, -0.2) is 0 Å². The fourth-order valence-corrected chi connectivity index (χ4v) is 1.70. The molecule has 0 radical (unpaired) electrons. The minimum atomic E-state index is -0.552. The highest BCUT2D eigenvalue weighted by atomic mass is 35.5. The fourth-order valence-electron chi connectivity index (χ4n) is 0.944. The lowest BCUT2D eigenvalue weighted by Crippen LogP contribution is -2.15. The van der Waals surface area contributed by atoms with E-state index in [4.69, 9.17) is 45.6 Å². The second-order valence-electron chi connectivity index (χ2n) is 2.58. The summed E-state index contributed by atoms with van der Waals surface area (Å²) >= 11 is 17.4. The lowest BCUT2D eigenvalue weighted by Gasteiger charge is -2.11. The highest BCUT2D eigenvalue weighted by molar-refractivity contribution is 6.43. The number of hydrogen-bond donors (Lipinski definition) is 2. The molecule has 0 heterocycles. The zero-order chi connectivity index (χ0) is 10.0. The van der Waals surface area contributed by atoms with Crippen molar-refractivity contribution in [2.75, 3.05) is 6.61 Å². The Morgan fingerprint density at radius 1 is 1.31 bits per heavy atom. The summed E-state index contributed by atoms with van der Waals surface area (Å²) < 4.78 is 0. The van der Waals surface area contributed by atoms with E-state index >= 15 is 0 Å². The number of nitrogens with two attached hydrogens (primary N) is 1. The third-order valence-corrected chi connectivity index (χ3v) is 2.65. The second kappa shape index (κ2) is 4.49. The summed E-state index contributed by atoms with van der Waals surface area (Å²) in [5.74, 6) is 0. The summed E-state index contributed by atoms with van der Waals surface area (Å²) in [7, 11) is 0. The van der Waals surface area contributed by atoms with Crippen LogP contribution in [0, 0.1) is 0 Å². The summed E-state index contributed by atoms with van der Waals surface area (Å²) in [6.07, 6.45) is 0. The number of hydrogen-bond acceptors (Lipinski definition) is 2. The predicted octanol–water partition coefficient (Wildman–Crippen LogP) is 2.64. The first kappa shape index (κ1) is 11.1. The highest BCUT2D eigenvalue weighted by Gasteiger charge is 2.12. The van der Waals surface area contributed by atoms with Crippen molar-refractivity contribution in [2.45, 2.75) is 6.04 Å². The molecule has 0 spiro atoms. The number of halogens is 3. The molecule has 1 atom stereocenters. The third kappa shape index (κ3) is 2.48. The average Bonchev–Trinajstić information content (AvgIpc) is 2.10. The molecule has 0 bridgehead atoms. The van der Waals surface area contributed by atoms with Gasteiger partial charge in [-0.15, -0.1) is 0 Å². The van der Waals surface area contributed by atoms with Gasteiger partial charge in [-0.1, -0.05) is 34.8 Å². The van der Waals surface area contributed by atoms with Crippen molar-refractivity contribution in [1.82, 2.24) is 0 Å². The van der Waals surface area contributed by atoms with Crippen LogP contribution in [0.5, 0.6) is 0 Å². The number of rotatable bonds is 2. The summed E-state index contributed by atoms with van der Waals surface area (Å²) in [4.78, 5) is 0. The molecule has 0 amide bonds. The van der Waals surface area contributed by atoms with Gasteiger partial charge in [-0.05, 0) is 17.7 Å². The molecule has 2 nitrogen and oxygen atoms in total. The van der Waals surface area contributed by atoms with Crippen molar-refractivity contribution < 1.29 is 5.11 Å². The molecule has 0 aromatic heterocycles. The minimum Gasteiger partial charge on any atom is -0.394 e. The molecule has 0 aliphatic heterocycles. The molecule has 72 valence electrons. The SMILES string of the molecule is N[C@H](CO)c1cc(Cl)cc(Cl)c1Cl. The van der Waals surface area contributed by atoms with Gasteiger partial charge in [0.25, 0.3) is 0 Å². The monoisotopic (exact) mass is 239 g/mol. The molecule has 1 rings (SSSR count). The molecular weight excluding hydrogens is 232 g/mol. The van der Waals surface area contributed by atoms with Gasteiger partial charge in [0.15, 0.2) is 0 Å². The van der Waals surface area contributed by atoms with E-state index in [0.717, 1.165) is 0 Å². The Bertz CT molecular complexity index is 317. The molecule has 0 aliphatic rings. The maximum atomic E-state index is 8.82. The van der Waals surface area contributed by atoms with E-state index in [9.17, 15) is 0 Å². The molecule has 0 saturated carbocycles. The first-order chi connectivity index (χ1) is 6.06. The van der Waals surface area contributed by atoms with Crippen molar-refractivity contribution in [3.8, 4) is 0 Å².